The minimum atomic E-state index is -3.42. The lowest BCUT2D eigenvalue weighted by Gasteiger charge is -2.31. The van der Waals surface area contributed by atoms with E-state index < -0.39 is 15.4 Å². The van der Waals surface area contributed by atoms with Crippen molar-refractivity contribution in [3.05, 3.63) is 29.3 Å². The summed E-state index contributed by atoms with van der Waals surface area (Å²) in [4.78, 5) is 0.919. The third-order valence-electron chi connectivity index (χ3n) is 3.96. The zero-order chi connectivity index (χ0) is 15.6. The van der Waals surface area contributed by atoms with E-state index in [0.717, 1.165) is 24.1 Å². The van der Waals surface area contributed by atoms with Crippen molar-refractivity contribution < 1.29 is 18.0 Å². The van der Waals surface area contributed by atoms with Gasteiger partial charge in [-0.05, 0) is 24.3 Å². The average Bonchev–Trinajstić information content (AvgIpc) is 3.07. The highest BCUT2D eigenvalue weighted by Gasteiger charge is 2.34. The Hall–Kier alpha value is -1.18. The molecule has 2 heterocycles. The Balaban J connectivity index is 1.69. The molecule has 0 radical (unpaired) electrons. The van der Waals surface area contributed by atoms with Gasteiger partial charge in [0.15, 0.2) is 15.6 Å². The predicted octanol–water partition coefficient (Wildman–Crippen LogP) is 3.01. The molecule has 2 aromatic heterocycles. The van der Waals surface area contributed by atoms with E-state index in [0.29, 0.717) is 24.3 Å². The molecule has 0 bridgehead atoms. The second-order valence-electron chi connectivity index (χ2n) is 5.98. The summed E-state index contributed by atoms with van der Waals surface area (Å²) < 4.78 is 29.9. The van der Waals surface area contributed by atoms with Gasteiger partial charge in [-0.3, -0.25) is 0 Å². The van der Waals surface area contributed by atoms with Gasteiger partial charge in [0.05, 0.1) is 27.7 Å². The summed E-state index contributed by atoms with van der Waals surface area (Å²) in [5.74, 6) is 0.197. The van der Waals surface area contributed by atoms with Crippen LogP contribution in [0.15, 0.2) is 28.1 Å². The number of hydrogen-bond acceptors (Lipinski definition) is 6. The molecule has 22 heavy (non-hydrogen) atoms. The summed E-state index contributed by atoms with van der Waals surface area (Å²) in [6, 6.07) is 5.46. The lowest BCUT2D eigenvalue weighted by atomic mass is 9.86. The fraction of sp³-hybridized carbons (Fsp3) is 0.533. The van der Waals surface area contributed by atoms with Gasteiger partial charge in [-0.25, -0.2) is 8.42 Å². The van der Waals surface area contributed by atoms with Crippen LogP contribution in [-0.2, 0) is 15.6 Å². The van der Waals surface area contributed by atoms with E-state index in [1.54, 1.807) is 6.07 Å². The van der Waals surface area contributed by atoms with Crippen LogP contribution < -0.4 is 0 Å². The molecular weight excluding hydrogens is 322 g/mol. The summed E-state index contributed by atoms with van der Waals surface area (Å²) in [6.45, 7) is 0. The SMILES string of the molecule is O=S(=O)(Cc1cc(-c2cccs2)on1)CC1(O)CCCCC1. The van der Waals surface area contributed by atoms with Gasteiger partial charge in [0.1, 0.15) is 0 Å². The average molecular weight is 341 g/mol. The van der Waals surface area contributed by atoms with Crippen molar-refractivity contribution in [2.75, 3.05) is 5.75 Å². The fourth-order valence-electron chi connectivity index (χ4n) is 2.95. The van der Waals surface area contributed by atoms with Crippen molar-refractivity contribution in [3.8, 4) is 10.6 Å². The maximum absolute atomic E-state index is 12.3. The first kappa shape index (κ1) is 15.7. The topological polar surface area (TPSA) is 80.4 Å². The van der Waals surface area contributed by atoms with Crippen molar-refractivity contribution in [2.45, 2.75) is 43.5 Å². The Morgan fingerprint density at radius 2 is 2.09 bits per heavy atom. The third-order valence-corrected chi connectivity index (χ3v) is 6.56. The first-order valence-corrected chi connectivity index (χ1v) is 10.1. The first-order valence-electron chi connectivity index (χ1n) is 7.38. The molecule has 3 rings (SSSR count). The number of rotatable bonds is 5. The van der Waals surface area contributed by atoms with E-state index in [4.69, 9.17) is 4.52 Å². The van der Waals surface area contributed by atoms with Gasteiger partial charge in [0.2, 0.25) is 0 Å². The van der Waals surface area contributed by atoms with Crippen molar-refractivity contribution >= 4 is 21.2 Å². The van der Waals surface area contributed by atoms with Crippen LogP contribution >= 0.6 is 11.3 Å². The maximum atomic E-state index is 12.3. The lowest BCUT2D eigenvalue weighted by Crippen LogP contribution is -2.39. The summed E-state index contributed by atoms with van der Waals surface area (Å²) in [5.41, 5.74) is -0.681. The van der Waals surface area contributed by atoms with Crippen molar-refractivity contribution in [1.29, 1.82) is 0 Å². The van der Waals surface area contributed by atoms with Crippen LogP contribution in [0.3, 0.4) is 0 Å². The van der Waals surface area contributed by atoms with Crippen molar-refractivity contribution in [3.63, 3.8) is 0 Å². The molecule has 2 aromatic rings. The molecule has 0 aromatic carbocycles. The number of sulfone groups is 1. The number of nitrogens with zero attached hydrogens (tertiary/aromatic N) is 1. The molecule has 0 unspecified atom stereocenters. The molecule has 1 saturated carbocycles. The molecule has 0 amide bonds. The zero-order valence-corrected chi connectivity index (χ0v) is 13.8. The quantitative estimate of drug-likeness (QED) is 0.904. The molecular formula is C15H19NO4S2. The van der Waals surface area contributed by atoms with Crippen molar-refractivity contribution in [1.82, 2.24) is 5.16 Å². The molecule has 5 nitrogen and oxygen atoms in total. The second kappa shape index (κ2) is 6.14. The van der Waals surface area contributed by atoms with Gasteiger partial charge in [-0.15, -0.1) is 11.3 Å². The molecule has 0 aliphatic heterocycles. The Morgan fingerprint density at radius 1 is 1.32 bits per heavy atom. The minimum absolute atomic E-state index is 0.190. The van der Waals surface area contributed by atoms with E-state index in [2.05, 4.69) is 5.16 Å². The van der Waals surface area contributed by atoms with E-state index in [1.807, 2.05) is 17.5 Å². The molecule has 1 aliphatic rings. The zero-order valence-electron chi connectivity index (χ0n) is 12.2. The van der Waals surface area contributed by atoms with Crippen LogP contribution in [0.4, 0.5) is 0 Å². The highest BCUT2D eigenvalue weighted by Crippen LogP contribution is 2.30. The van der Waals surface area contributed by atoms with Crippen LogP contribution in [0.5, 0.6) is 0 Å². The Morgan fingerprint density at radius 3 is 2.77 bits per heavy atom. The van der Waals surface area contributed by atoms with Gasteiger partial charge in [-0.1, -0.05) is 30.5 Å². The third kappa shape index (κ3) is 3.77. The number of aromatic nitrogens is 1. The van der Waals surface area contributed by atoms with Crippen LogP contribution in [-0.4, -0.2) is 30.0 Å². The standard InChI is InChI=1S/C15H19NO4S2/c17-15(6-2-1-3-7-15)11-22(18,19)10-12-9-13(20-16-12)14-5-4-8-21-14/h4-5,8-9,17H,1-3,6-7,10-11H2. The molecule has 1 N–H and O–H groups in total. The highest BCUT2D eigenvalue weighted by atomic mass is 32.2. The van der Waals surface area contributed by atoms with Gasteiger partial charge in [-0.2, -0.15) is 0 Å². The number of aliphatic hydroxyl groups is 1. The second-order valence-corrected chi connectivity index (χ2v) is 8.99. The molecule has 0 atom stereocenters. The Bertz CT molecular complexity index is 713. The van der Waals surface area contributed by atoms with Crippen LogP contribution in [0.2, 0.25) is 0 Å². The van der Waals surface area contributed by atoms with Gasteiger partial charge in [0.25, 0.3) is 0 Å². The predicted molar refractivity (Wildman–Crippen MR) is 85.3 cm³/mol. The highest BCUT2D eigenvalue weighted by molar-refractivity contribution is 7.90. The smallest absolute Gasteiger partial charge is 0.177 e. The van der Waals surface area contributed by atoms with Crippen LogP contribution in [0, 0.1) is 0 Å². The van der Waals surface area contributed by atoms with Crippen LogP contribution in [0.25, 0.3) is 10.6 Å². The van der Waals surface area contributed by atoms with Gasteiger partial charge in [0, 0.05) is 6.07 Å². The largest absolute Gasteiger partial charge is 0.389 e. The summed E-state index contributed by atoms with van der Waals surface area (Å²) >= 11 is 1.51. The van der Waals surface area contributed by atoms with Gasteiger partial charge < -0.3 is 9.63 Å². The summed E-state index contributed by atoms with van der Waals surface area (Å²) in [5, 5.41) is 16.2. The molecule has 0 saturated heterocycles. The maximum Gasteiger partial charge on any atom is 0.177 e. The van der Waals surface area contributed by atoms with Crippen LogP contribution in [0.1, 0.15) is 37.8 Å². The normalized spacial score (nSPS) is 18.4. The first-order chi connectivity index (χ1) is 10.5. The molecule has 1 fully saturated rings. The lowest BCUT2D eigenvalue weighted by molar-refractivity contribution is 0.0257. The number of hydrogen-bond donors (Lipinski definition) is 1. The summed E-state index contributed by atoms with van der Waals surface area (Å²) in [7, 11) is -3.42. The van der Waals surface area contributed by atoms with E-state index >= 15 is 0 Å². The van der Waals surface area contributed by atoms with E-state index in [9.17, 15) is 13.5 Å². The summed E-state index contributed by atoms with van der Waals surface area (Å²) in [6.07, 6.45) is 3.96. The minimum Gasteiger partial charge on any atom is -0.389 e. The van der Waals surface area contributed by atoms with Gasteiger partial charge >= 0.3 is 0 Å². The fourth-order valence-corrected chi connectivity index (χ4v) is 5.42. The molecule has 0 spiro atoms. The van der Waals surface area contributed by atoms with E-state index in [-0.39, 0.29) is 11.5 Å². The Kier molecular flexibility index (Phi) is 4.38. The molecule has 1 aliphatic carbocycles. The van der Waals surface area contributed by atoms with E-state index in [1.165, 1.54) is 11.3 Å². The number of thiophene rings is 1. The monoisotopic (exact) mass is 341 g/mol. The molecule has 120 valence electrons. The Labute approximate surface area is 133 Å². The van der Waals surface area contributed by atoms with Crippen molar-refractivity contribution in [2.24, 2.45) is 0 Å². The molecule has 7 heteroatoms.